The average molecular weight is 327 g/mol. The number of hydrogen-bond acceptors (Lipinski definition) is 3. The number of carbonyl (C=O) groups excluding carboxylic acids is 1. The Kier molecular flexibility index (Phi) is 7.15. The fraction of sp³-hybridized carbons (Fsp3) is 0.350. The van der Waals surface area contributed by atoms with Gasteiger partial charge >= 0.3 is 0 Å². The zero-order valence-corrected chi connectivity index (χ0v) is 14.3. The molecule has 4 nitrogen and oxygen atoms in total. The first-order valence-electron chi connectivity index (χ1n) is 8.39. The first-order chi connectivity index (χ1) is 11.7. The zero-order chi connectivity index (χ0) is 17.2. The number of hydrogen-bond donors (Lipinski definition) is 1. The van der Waals surface area contributed by atoms with Crippen LogP contribution in [-0.2, 0) is 4.79 Å². The third-order valence-electron chi connectivity index (χ3n) is 3.63. The summed E-state index contributed by atoms with van der Waals surface area (Å²) >= 11 is 0. The molecule has 0 aliphatic heterocycles. The molecule has 2 aromatic carbocycles. The summed E-state index contributed by atoms with van der Waals surface area (Å²) in [5.74, 6) is 1.71. The van der Waals surface area contributed by atoms with Gasteiger partial charge in [0.05, 0.1) is 19.3 Å². The number of rotatable bonds is 9. The molecule has 1 amide bonds. The number of carbonyl (C=O) groups is 1. The predicted octanol–water partition coefficient (Wildman–Crippen LogP) is 4.12. The molecule has 1 N–H and O–H groups in total. The Morgan fingerprint density at radius 3 is 2.33 bits per heavy atom. The zero-order valence-electron chi connectivity index (χ0n) is 14.3. The normalized spacial score (nSPS) is 11.6. The highest BCUT2D eigenvalue weighted by Gasteiger charge is 2.09. The van der Waals surface area contributed by atoms with Crippen LogP contribution >= 0.6 is 0 Å². The van der Waals surface area contributed by atoms with E-state index in [1.54, 1.807) is 0 Å². The van der Waals surface area contributed by atoms with Crippen molar-refractivity contribution in [2.75, 3.05) is 13.2 Å². The minimum Gasteiger partial charge on any atom is -0.494 e. The Balaban J connectivity index is 1.69. The molecule has 0 spiro atoms. The van der Waals surface area contributed by atoms with Gasteiger partial charge in [-0.15, -0.1) is 0 Å². The first-order valence-corrected chi connectivity index (χ1v) is 8.39. The molecule has 1 atom stereocenters. The summed E-state index contributed by atoms with van der Waals surface area (Å²) in [7, 11) is 0. The lowest BCUT2D eigenvalue weighted by molar-refractivity contribution is -0.121. The van der Waals surface area contributed by atoms with Crippen molar-refractivity contribution in [3.63, 3.8) is 0 Å². The van der Waals surface area contributed by atoms with E-state index in [4.69, 9.17) is 9.47 Å². The van der Waals surface area contributed by atoms with Gasteiger partial charge in [-0.25, -0.2) is 0 Å². The van der Waals surface area contributed by atoms with Crippen molar-refractivity contribution in [3.8, 4) is 11.5 Å². The van der Waals surface area contributed by atoms with Gasteiger partial charge in [0.2, 0.25) is 5.91 Å². The molecule has 0 radical (unpaired) electrons. The van der Waals surface area contributed by atoms with Crippen molar-refractivity contribution < 1.29 is 14.3 Å². The Labute approximate surface area is 143 Å². The largest absolute Gasteiger partial charge is 0.494 e. The molecular weight excluding hydrogens is 302 g/mol. The summed E-state index contributed by atoms with van der Waals surface area (Å²) in [4.78, 5) is 12.0. The molecular formula is C20H25NO3. The third-order valence-corrected chi connectivity index (χ3v) is 3.63. The van der Waals surface area contributed by atoms with E-state index < -0.39 is 0 Å². The van der Waals surface area contributed by atoms with E-state index in [1.807, 2.05) is 68.4 Å². The number of benzene rings is 2. The van der Waals surface area contributed by atoms with Gasteiger partial charge < -0.3 is 14.8 Å². The Morgan fingerprint density at radius 2 is 1.67 bits per heavy atom. The molecule has 0 aromatic heterocycles. The summed E-state index contributed by atoms with van der Waals surface area (Å²) in [5, 5.41) is 3.01. The van der Waals surface area contributed by atoms with Gasteiger partial charge in [-0.2, -0.15) is 0 Å². The molecule has 2 rings (SSSR count). The predicted molar refractivity (Wildman–Crippen MR) is 95.3 cm³/mol. The van der Waals surface area contributed by atoms with Crippen LogP contribution in [0.1, 0.15) is 38.3 Å². The van der Waals surface area contributed by atoms with Crippen molar-refractivity contribution in [1.29, 1.82) is 0 Å². The molecule has 4 heteroatoms. The molecule has 0 bridgehead atoms. The third kappa shape index (κ3) is 5.95. The van der Waals surface area contributed by atoms with Crippen LogP contribution in [0.4, 0.5) is 0 Å². The van der Waals surface area contributed by atoms with Gasteiger partial charge in [-0.05, 0) is 50.1 Å². The van der Waals surface area contributed by atoms with Crippen LogP contribution < -0.4 is 14.8 Å². The van der Waals surface area contributed by atoms with Crippen molar-refractivity contribution in [1.82, 2.24) is 5.32 Å². The van der Waals surface area contributed by atoms with Gasteiger partial charge in [0.25, 0.3) is 0 Å². The van der Waals surface area contributed by atoms with Crippen molar-refractivity contribution in [2.24, 2.45) is 0 Å². The van der Waals surface area contributed by atoms with Crippen molar-refractivity contribution >= 4 is 5.91 Å². The maximum absolute atomic E-state index is 12.0. The molecule has 0 saturated carbocycles. The number of para-hydroxylation sites is 1. The van der Waals surface area contributed by atoms with Gasteiger partial charge in [-0.1, -0.05) is 30.3 Å². The smallest absolute Gasteiger partial charge is 0.220 e. The summed E-state index contributed by atoms with van der Waals surface area (Å²) in [6, 6.07) is 17.4. The fourth-order valence-electron chi connectivity index (χ4n) is 2.36. The minimum atomic E-state index is -0.0248. The summed E-state index contributed by atoms with van der Waals surface area (Å²) in [6.07, 6.45) is 1.14. The standard InChI is InChI=1S/C20H25NO3/c1-3-23-19-13-11-17(12-14-19)16(2)21-20(22)10-7-15-24-18-8-5-4-6-9-18/h4-6,8-9,11-14,16H,3,7,10,15H2,1-2H3,(H,21,22)/t16-/m1/s1. The number of amides is 1. The quantitative estimate of drug-likeness (QED) is 0.705. The van der Waals surface area contributed by atoms with Gasteiger partial charge in [0.15, 0.2) is 0 Å². The highest BCUT2D eigenvalue weighted by Crippen LogP contribution is 2.17. The summed E-state index contributed by atoms with van der Waals surface area (Å²) in [6.45, 7) is 5.12. The molecule has 0 heterocycles. The van der Waals surface area contributed by atoms with E-state index in [0.717, 1.165) is 17.1 Å². The Hall–Kier alpha value is -2.49. The number of ether oxygens (including phenoxy) is 2. The van der Waals surface area contributed by atoms with Crippen molar-refractivity contribution in [2.45, 2.75) is 32.7 Å². The highest BCUT2D eigenvalue weighted by atomic mass is 16.5. The van der Waals surface area contributed by atoms with E-state index >= 15 is 0 Å². The van der Waals surface area contributed by atoms with Crippen LogP contribution in [0.5, 0.6) is 11.5 Å². The topological polar surface area (TPSA) is 47.6 Å². The molecule has 24 heavy (non-hydrogen) atoms. The lowest BCUT2D eigenvalue weighted by atomic mass is 10.1. The van der Waals surface area contributed by atoms with Crippen LogP contribution in [0.3, 0.4) is 0 Å². The second-order valence-corrected chi connectivity index (χ2v) is 5.56. The molecule has 128 valence electrons. The van der Waals surface area contributed by atoms with E-state index in [1.165, 1.54) is 0 Å². The molecule has 0 aliphatic rings. The number of nitrogens with one attached hydrogen (secondary N) is 1. The second-order valence-electron chi connectivity index (χ2n) is 5.56. The van der Waals surface area contributed by atoms with E-state index in [0.29, 0.717) is 26.1 Å². The van der Waals surface area contributed by atoms with Crippen LogP contribution in [0.25, 0.3) is 0 Å². The second kappa shape index (κ2) is 9.60. The molecule has 0 aliphatic carbocycles. The molecule has 0 saturated heterocycles. The lowest BCUT2D eigenvalue weighted by Crippen LogP contribution is -2.26. The van der Waals surface area contributed by atoms with Crippen LogP contribution in [0, 0.1) is 0 Å². The van der Waals surface area contributed by atoms with Crippen LogP contribution in [0.2, 0.25) is 0 Å². The summed E-state index contributed by atoms with van der Waals surface area (Å²) < 4.78 is 11.0. The van der Waals surface area contributed by atoms with Gasteiger partial charge in [0.1, 0.15) is 11.5 Å². The molecule has 2 aromatic rings. The fourth-order valence-corrected chi connectivity index (χ4v) is 2.36. The Bertz CT molecular complexity index is 611. The maximum Gasteiger partial charge on any atom is 0.220 e. The Morgan fingerprint density at radius 1 is 1.00 bits per heavy atom. The molecule has 0 fully saturated rings. The summed E-state index contributed by atoms with van der Waals surface area (Å²) in [5.41, 5.74) is 1.06. The van der Waals surface area contributed by atoms with E-state index in [-0.39, 0.29) is 11.9 Å². The maximum atomic E-state index is 12.0. The van der Waals surface area contributed by atoms with E-state index in [2.05, 4.69) is 5.32 Å². The van der Waals surface area contributed by atoms with Crippen molar-refractivity contribution in [3.05, 3.63) is 60.2 Å². The van der Waals surface area contributed by atoms with Gasteiger partial charge in [0, 0.05) is 6.42 Å². The van der Waals surface area contributed by atoms with Crippen LogP contribution in [0.15, 0.2) is 54.6 Å². The monoisotopic (exact) mass is 327 g/mol. The van der Waals surface area contributed by atoms with E-state index in [9.17, 15) is 4.79 Å². The SMILES string of the molecule is CCOc1ccc([C@@H](C)NC(=O)CCCOc2ccccc2)cc1. The lowest BCUT2D eigenvalue weighted by Gasteiger charge is -2.15. The van der Waals surface area contributed by atoms with Gasteiger partial charge in [-0.3, -0.25) is 4.79 Å². The van der Waals surface area contributed by atoms with Crippen LogP contribution in [-0.4, -0.2) is 19.1 Å². The minimum absolute atomic E-state index is 0.0248. The first kappa shape index (κ1) is 17.9. The highest BCUT2D eigenvalue weighted by molar-refractivity contribution is 5.76. The molecule has 0 unspecified atom stereocenters. The average Bonchev–Trinajstić information content (AvgIpc) is 2.60.